The van der Waals surface area contributed by atoms with Gasteiger partial charge in [-0.15, -0.1) is 0 Å². The van der Waals surface area contributed by atoms with E-state index in [1.54, 1.807) is 0 Å². The molecule has 2 nitrogen and oxygen atoms in total. The highest BCUT2D eigenvalue weighted by Gasteiger charge is 2.03. The van der Waals surface area contributed by atoms with Gasteiger partial charge in [0.15, 0.2) is 0 Å². The fraction of sp³-hybridized carbons (Fsp3) is 0.417. The second-order valence-corrected chi connectivity index (χ2v) is 4.44. The van der Waals surface area contributed by atoms with Gasteiger partial charge in [-0.1, -0.05) is 37.6 Å². The van der Waals surface area contributed by atoms with Crippen LogP contribution in [-0.2, 0) is 11.3 Å². The first-order chi connectivity index (χ1) is 7.08. The summed E-state index contributed by atoms with van der Waals surface area (Å²) in [4.78, 5) is 11.4. The second-order valence-electron chi connectivity index (χ2n) is 4.00. The van der Waals surface area contributed by atoms with E-state index in [4.69, 9.17) is 11.6 Å². The molecule has 0 spiro atoms. The van der Waals surface area contributed by atoms with Crippen LogP contribution < -0.4 is 5.32 Å². The molecule has 0 saturated carbocycles. The zero-order chi connectivity index (χ0) is 11.3. The van der Waals surface area contributed by atoms with Gasteiger partial charge < -0.3 is 5.32 Å². The van der Waals surface area contributed by atoms with Crippen molar-refractivity contribution in [3.63, 3.8) is 0 Å². The Bertz CT molecular complexity index is 336. The van der Waals surface area contributed by atoms with Gasteiger partial charge in [0.25, 0.3) is 0 Å². The van der Waals surface area contributed by atoms with Crippen LogP contribution in [0.15, 0.2) is 24.3 Å². The lowest BCUT2D eigenvalue weighted by Crippen LogP contribution is -2.23. The molecule has 15 heavy (non-hydrogen) atoms. The fourth-order valence-electron chi connectivity index (χ4n) is 1.29. The fourth-order valence-corrected chi connectivity index (χ4v) is 1.50. The van der Waals surface area contributed by atoms with Crippen molar-refractivity contribution in [2.24, 2.45) is 5.92 Å². The zero-order valence-corrected chi connectivity index (χ0v) is 9.84. The number of rotatable bonds is 4. The molecule has 1 aromatic rings. The molecule has 0 aliphatic rings. The van der Waals surface area contributed by atoms with Gasteiger partial charge >= 0.3 is 0 Å². The Hall–Kier alpha value is -1.02. The Morgan fingerprint density at radius 1 is 1.47 bits per heavy atom. The Kier molecular flexibility index (Phi) is 4.63. The Morgan fingerprint density at radius 2 is 2.20 bits per heavy atom. The molecule has 3 heteroatoms. The average molecular weight is 226 g/mol. The predicted molar refractivity (Wildman–Crippen MR) is 62.8 cm³/mol. The van der Waals surface area contributed by atoms with Crippen LogP contribution in [0.3, 0.4) is 0 Å². The van der Waals surface area contributed by atoms with Gasteiger partial charge in [-0.2, -0.15) is 0 Å². The van der Waals surface area contributed by atoms with E-state index in [-0.39, 0.29) is 5.91 Å². The van der Waals surface area contributed by atoms with Crippen LogP contribution in [-0.4, -0.2) is 5.91 Å². The minimum absolute atomic E-state index is 0.0879. The van der Waals surface area contributed by atoms with E-state index in [0.29, 0.717) is 23.9 Å². The first kappa shape index (κ1) is 12.1. The molecule has 1 aromatic carbocycles. The van der Waals surface area contributed by atoms with Crippen LogP contribution >= 0.6 is 11.6 Å². The van der Waals surface area contributed by atoms with Crippen molar-refractivity contribution in [3.05, 3.63) is 34.9 Å². The minimum atomic E-state index is 0.0879. The van der Waals surface area contributed by atoms with Crippen LogP contribution in [0, 0.1) is 5.92 Å². The maximum atomic E-state index is 11.4. The highest BCUT2D eigenvalue weighted by Crippen LogP contribution is 2.10. The molecule has 0 heterocycles. The lowest BCUT2D eigenvalue weighted by Gasteiger charge is -2.07. The van der Waals surface area contributed by atoms with Crippen LogP contribution in [0.2, 0.25) is 5.02 Å². The zero-order valence-electron chi connectivity index (χ0n) is 9.09. The summed E-state index contributed by atoms with van der Waals surface area (Å²) < 4.78 is 0. The number of carbonyl (C=O) groups excluding carboxylic acids is 1. The van der Waals surface area contributed by atoms with E-state index in [1.807, 2.05) is 38.1 Å². The molecule has 0 fully saturated rings. The van der Waals surface area contributed by atoms with Crippen LogP contribution in [0.5, 0.6) is 0 Å². The summed E-state index contributed by atoms with van der Waals surface area (Å²) in [5, 5.41) is 3.56. The van der Waals surface area contributed by atoms with Crippen LogP contribution in [0.25, 0.3) is 0 Å². The number of benzene rings is 1. The molecule has 0 aliphatic carbocycles. The summed E-state index contributed by atoms with van der Waals surface area (Å²) >= 11 is 5.83. The van der Waals surface area contributed by atoms with Crippen molar-refractivity contribution in [2.75, 3.05) is 0 Å². The van der Waals surface area contributed by atoms with Crippen LogP contribution in [0.1, 0.15) is 25.8 Å². The molecule has 82 valence electrons. The van der Waals surface area contributed by atoms with Gasteiger partial charge in [-0.3, -0.25) is 4.79 Å². The monoisotopic (exact) mass is 225 g/mol. The summed E-state index contributed by atoms with van der Waals surface area (Å²) in [6.45, 7) is 4.60. The van der Waals surface area contributed by atoms with Crippen molar-refractivity contribution in [3.8, 4) is 0 Å². The highest BCUT2D eigenvalue weighted by atomic mass is 35.5. The van der Waals surface area contributed by atoms with Crippen molar-refractivity contribution in [2.45, 2.75) is 26.8 Å². The van der Waals surface area contributed by atoms with Crippen molar-refractivity contribution >= 4 is 17.5 Å². The molecule has 0 radical (unpaired) electrons. The third-order valence-electron chi connectivity index (χ3n) is 1.97. The third kappa shape index (κ3) is 4.84. The molecule has 1 N–H and O–H groups in total. The summed E-state index contributed by atoms with van der Waals surface area (Å²) in [6.07, 6.45) is 0.570. The molecule has 0 atom stereocenters. The van der Waals surface area contributed by atoms with Gasteiger partial charge in [-0.25, -0.2) is 0 Å². The molecule has 1 rings (SSSR count). The lowest BCUT2D eigenvalue weighted by molar-refractivity contribution is -0.121. The standard InChI is InChI=1S/C12H16ClNO/c1-9(2)6-12(15)14-8-10-4-3-5-11(13)7-10/h3-5,7,9H,6,8H2,1-2H3,(H,14,15). The number of hydrogen-bond acceptors (Lipinski definition) is 1. The largest absolute Gasteiger partial charge is 0.352 e. The molecule has 0 aliphatic heterocycles. The van der Waals surface area contributed by atoms with E-state index in [1.165, 1.54) is 0 Å². The number of nitrogens with one attached hydrogen (secondary N) is 1. The molecule has 0 unspecified atom stereocenters. The summed E-state index contributed by atoms with van der Waals surface area (Å²) in [6, 6.07) is 7.51. The molecule has 0 saturated heterocycles. The van der Waals surface area contributed by atoms with Gasteiger partial charge in [0.05, 0.1) is 0 Å². The number of amides is 1. The maximum absolute atomic E-state index is 11.4. The topological polar surface area (TPSA) is 29.1 Å². The summed E-state index contributed by atoms with van der Waals surface area (Å²) in [5.41, 5.74) is 1.03. The lowest BCUT2D eigenvalue weighted by atomic mass is 10.1. The minimum Gasteiger partial charge on any atom is -0.352 e. The predicted octanol–water partition coefficient (Wildman–Crippen LogP) is 3.00. The summed E-state index contributed by atoms with van der Waals surface area (Å²) in [7, 11) is 0. The summed E-state index contributed by atoms with van der Waals surface area (Å²) in [5.74, 6) is 0.481. The normalized spacial score (nSPS) is 10.4. The van der Waals surface area contributed by atoms with Crippen molar-refractivity contribution in [1.29, 1.82) is 0 Å². The first-order valence-electron chi connectivity index (χ1n) is 5.09. The SMILES string of the molecule is CC(C)CC(=O)NCc1cccc(Cl)c1. The average Bonchev–Trinajstić information content (AvgIpc) is 2.14. The van der Waals surface area contributed by atoms with Gasteiger partial charge in [0.2, 0.25) is 5.91 Å². The second kappa shape index (κ2) is 5.76. The molecule has 0 aromatic heterocycles. The van der Waals surface area contributed by atoms with E-state index in [2.05, 4.69) is 5.32 Å². The Labute approximate surface area is 95.6 Å². The van der Waals surface area contributed by atoms with E-state index >= 15 is 0 Å². The van der Waals surface area contributed by atoms with E-state index < -0.39 is 0 Å². The highest BCUT2D eigenvalue weighted by molar-refractivity contribution is 6.30. The third-order valence-corrected chi connectivity index (χ3v) is 2.21. The van der Waals surface area contributed by atoms with Gasteiger partial charge in [0, 0.05) is 18.0 Å². The van der Waals surface area contributed by atoms with Crippen LogP contribution in [0.4, 0.5) is 0 Å². The number of halogens is 1. The van der Waals surface area contributed by atoms with Crippen molar-refractivity contribution in [1.82, 2.24) is 5.32 Å². The smallest absolute Gasteiger partial charge is 0.220 e. The molecule has 0 bridgehead atoms. The number of carbonyl (C=O) groups is 1. The van der Waals surface area contributed by atoms with Crippen molar-refractivity contribution < 1.29 is 4.79 Å². The molecule has 1 amide bonds. The first-order valence-corrected chi connectivity index (χ1v) is 5.47. The molecular formula is C12H16ClNO. The quantitative estimate of drug-likeness (QED) is 0.839. The van der Waals surface area contributed by atoms with E-state index in [0.717, 1.165) is 5.56 Å². The van der Waals surface area contributed by atoms with E-state index in [9.17, 15) is 4.79 Å². The Balaban J connectivity index is 2.40. The maximum Gasteiger partial charge on any atom is 0.220 e. The number of hydrogen-bond donors (Lipinski definition) is 1. The Morgan fingerprint density at radius 3 is 2.80 bits per heavy atom. The van der Waals surface area contributed by atoms with Gasteiger partial charge in [0.1, 0.15) is 0 Å². The molecular weight excluding hydrogens is 210 g/mol. The van der Waals surface area contributed by atoms with Gasteiger partial charge in [-0.05, 0) is 23.6 Å².